The summed E-state index contributed by atoms with van der Waals surface area (Å²) in [6, 6.07) is 4.12. The van der Waals surface area contributed by atoms with Crippen LogP contribution in [0.2, 0.25) is 0 Å². The van der Waals surface area contributed by atoms with E-state index < -0.39 is 11.9 Å². The number of unbranched alkanes of at least 4 members (excludes halogenated alkanes) is 14. The number of rotatable bonds is 35. The van der Waals surface area contributed by atoms with Crippen LogP contribution in [0.15, 0.2) is 24.5 Å². The minimum Gasteiger partial charge on any atom is -1.00 e. The number of aryl methyl sites for hydroxylation is 1. The molecule has 1 heterocycles. The zero-order valence-electron chi connectivity index (χ0n) is 29.4. The quantitative estimate of drug-likeness (QED) is 0.0728. The number of thioether (sulfide) groups is 1. The van der Waals surface area contributed by atoms with Gasteiger partial charge in [-0.3, -0.25) is 4.79 Å². The highest BCUT2D eigenvalue weighted by molar-refractivity contribution is 7.99. The van der Waals surface area contributed by atoms with Gasteiger partial charge in [0.1, 0.15) is 13.2 Å². The largest absolute Gasteiger partial charge is 1.00 e. The summed E-state index contributed by atoms with van der Waals surface area (Å²) < 4.78 is 19.4. The lowest BCUT2D eigenvalue weighted by Crippen LogP contribution is -3.00. The third-order valence-corrected chi connectivity index (χ3v) is 9.13. The second-order valence-electron chi connectivity index (χ2n) is 12.4. The molecule has 2 N–H and O–H groups in total. The predicted molar refractivity (Wildman–Crippen MR) is 188 cm³/mol. The molecule has 274 valence electrons. The standard InChI is InChI=1S/C37H65NO7S.ClH/c1-2-3-4-5-6-7-8-9-10-11-12-13-14-15-22-35(45-33-37(41)42)32-44-26-19-29-46-30-28-43-27-25-38-24-18-21-34(31-38)20-16-17-23-36(39)40;/h18,21,24,31,35H,2-17,19-20,22-23,25-30,32-33H2,1H3,(H-,39,40,41,42);1H. The van der Waals surface area contributed by atoms with Crippen LogP contribution in [-0.4, -0.2) is 72.8 Å². The van der Waals surface area contributed by atoms with Gasteiger partial charge in [-0.1, -0.05) is 96.8 Å². The summed E-state index contributed by atoms with van der Waals surface area (Å²) >= 11 is 1.86. The van der Waals surface area contributed by atoms with Gasteiger partial charge in [0.25, 0.3) is 0 Å². The summed E-state index contributed by atoms with van der Waals surface area (Å²) in [4.78, 5) is 21.6. The van der Waals surface area contributed by atoms with Crippen LogP contribution >= 0.6 is 11.8 Å². The van der Waals surface area contributed by atoms with E-state index in [1.165, 1.54) is 89.0 Å². The molecule has 0 aliphatic carbocycles. The molecule has 0 spiro atoms. The Morgan fingerprint density at radius 1 is 0.766 bits per heavy atom. The number of ether oxygens (including phenoxy) is 3. The van der Waals surface area contributed by atoms with Crippen molar-refractivity contribution in [1.82, 2.24) is 0 Å². The highest BCUT2D eigenvalue weighted by atomic mass is 35.5. The topological polar surface area (TPSA) is 106 Å². The minimum atomic E-state index is -0.929. The fraction of sp³-hybridized carbons (Fsp3) is 0.811. The van der Waals surface area contributed by atoms with Gasteiger partial charge in [0.05, 0.1) is 19.3 Å². The monoisotopic (exact) mass is 703 g/mol. The minimum absolute atomic E-state index is 0. The van der Waals surface area contributed by atoms with E-state index in [1.54, 1.807) is 0 Å². The van der Waals surface area contributed by atoms with Crippen molar-refractivity contribution in [3.63, 3.8) is 0 Å². The Balaban J connectivity index is 0.0000212. The zero-order chi connectivity index (χ0) is 33.3. The number of carboxylic acid groups (broad SMARTS) is 2. The van der Waals surface area contributed by atoms with Crippen LogP contribution in [0.3, 0.4) is 0 Å². The van der Waals surface area contributed by atoms with Gasteiger partial charge in [-0.05, 0) is 43.9 Å². The van der Waals surface area contributed by atoms with Crippen molar-refractivity contribution in [2.24, 2.45) is 0 Å². The summed E-state index contributed by atoms with van der Waals surface area (Å²) in [6.07, 6.45) is 27.1. The van der Waals surface area contributed by atoms with Crippen LogP contribution in [0.25, 0.3) is 0 Å². The summed E-state index contributed by atoms with van der Waals surface area (Å²) in [7, 11) is 0. The van der Waals surface area contributed by atoms with Gasteiger partial charge >= 0.3 is 11.9 Å². The molecule has 0 aromatic carbocycles. The molecular weight excluding hydrogens is 638 g/mol. The van der Waals surface area contributed by atoms with Crippen molar-refractivity contribution in [2.75, 3.05) is 44.5 Å². The lowest BCUT2D eigenvalue weighted by molar-refractivity contribution is -0.698. The normalized spacial score (nSPS) is 11.8. The number of aromatic nitrogens is 1. The molecule has 47 heavy (non-hydrogen) atoms. The average molecular weight is 704 g/mol. The molecule has 1 rings (SSSR count). The highest BCUT2D eigenvalue weighted by Gasteiger charge is 2.12. The van der Waals surface area contributed by atoms with E-state index in [2.05, 4.69) is 23.8 Å². The number of pyridine rings is 1. The molecule has 10 heteroatoms. The second kappa shape index (κ2) is 34.5. The Hall–Kier alpha value is -1.39. The van der Waals surface area contributed by atoms with Gasteiger partial charge in [0, 0.05) is 30.4 Å². The lowest BCUT2D eigenvalue weighted by atomic mass is 10.0. The Labute approximate surface area is 296 Å². The molecule has 0 radical (unpaired) electrons. The maximum atomic E-state index is 11.0. The summed E-state index contributed by atoms with van der Waals surface area (Å²) in [5, 5.41) is 17.8. The molecule has 1 atom stereocenters. The van der Waals surface area contributed by atoms with Crippen LogP contribution < -0.4 is 17.0 Å². The number of carbonyl (C=O) groups is 2. The van der Waals surface area contributed by atoms with Gasteiger partial charge < -0.3 is 36.8 Å². The van der Waals surface area contributed by atoms with Crippen LogP contribution in [-0.2, 0) is 36.8 Å². The average Bonchev–Trinajstić information content (AvgIpc) is 3.04. The van der Waals surface area contributed by atoms with Crippen molar-refractivity contribution in [1.29, 1.82) is 0 Å². The van der Waals surface area contributed by atoms with Crippen molar-refractivity contribution in [2.45, 2.75) is 148 Å². The van der Waals surface area contributed by atoms with Crippen LogP contribution in [0.4, 0.5) is 0 Å². The maximum Gasteiger partial charge on any atom is 0.329 e. The Bertz CT molecular complexity index is 864. The molecule has 0 amide bonds. The Kier molecular flexibility index (Phi) is 33.5. The van der Waals surface area contributed by atoms with E-state index in [-0.39, 0.29) is 31.5 Å². The molecule has 0 aliphatic rings. The Morgan fingerprint density at radius 2 is 1.43 bits per heavy atom. The van der Waals surface area contributed by atoms with Crippen molar-refractivity contribution >= 4 is 23.7 Å². The lowest BCUT2D eigenvalue weighted by Gasteiger charge is -2.17. The molecule has 1 aromatic rings. The fourth-order valence-electron chi connectivity index (χ4n) is 5.41. The molecular formula is C37H66ClNO7S. The molecule has 0 saturated heterocycles. The molecule has 0 bridgehead atoms. The number of hydrogen-bond acceptors (Lipinski definition) is 6. The fourth-order valence-corrected chi connectivity index (χ4v) is 6.17. The summed E-state index contributed by atoms with van der Waals surface area (Å²) in [5.41, 5.74) is 1.22. The van der Waals surface area contributed by atoms with Crippen molar-refractivity contribution in [3.8, 4) is 0 Å². The van der Waals surface area contributed by atoms with E-state index in [9.17, 15) is 9.59 Å². The first-order valence-corrected chi connectivity index (χ1v) is 19.4. The molecule has 8 nitrogen and oxygen atoms in total. The van der Waals surface area contributed by atoms with Crippen molar-refractivity contribution in [3.05, 3.63) is 30.1 Å². The van der Waals surface area contributed by atoms with E-state index in [0.29, 0.717) is 32.8 Å². The molecule has 1 aromatic heterocycles. The van der Waals surface area contributed by atoms with Crippen LogP contribution in [0, 0.1) is 0 Å². The van der Waals surface area contributed by atoms with Crippen LogP contribution in [0.1, 0.15) is 134 Å². The molecule has 1 unspecified atom stereocenters. The van der Waals surface area contributed by atoms with Gasteiger partial charge in [-0.25, -0.2) is 9.36 Å². The SMILES string of the molecule is CCCCCCCCCCCCCCCCC(COCCCSCCOCC[n+]1cccc(CCCCC(=O)O)c1)OCC(=O)O.[Cl-]. The third-order valence-electron chi connectivity index (χ3n) is 8.09. The number of hydrogen-bond donors (Lipinski definition) is 2. The van der Waals surface area contributed by atoms with E-state index in [1.807, 2.05) is 24.0 Å². The maximum absolute atomic E-state index is 11.0. The first-order valence-electron chi connectivity index (χ1n) is 18.3. The van der Waals surface area contributed by atoms with Gasteiger partial charge in [0.15, 0.2) is 18.9 Å². The van der Waals surface area contributed by atoms with Gasteiger partial charge in [0.2, 0.25) is 0 Å². The van der Waals surface area contributed by atoms with E-state index in [4.69, 9.17) is 24.4 Å². The number of carboxylic acids is 2. The van der Waals surface area contributed by atoms with E-state index >= 15 is 0 Å². The van der Waals surface area contributed by atoms with E-state index in [0.717, 1.165) is 50.2 Å². The third kappa shape index (κ3) is 31.6. The van der Waals surface area contributed by atoms with Gasteiger partial charge in [-0.2, -0.15) is 11.8 Å². The summed E-state index contributed by atoms with van der Waals surface area (Å²) in [6.45, 7) is 5.29. The smallest absolute Gasteiger partial charge is 0.329 e. The first kappa shape index (κ1) is 45.6. The zero-order valence-corrected chi connectivity index (χ0v) is 30.9. The van der Waals surface area contributed by atoms with Crippen LogP contribution in [0.5, 0.6) is 0 Å². The molecule has 0 fully saturated rings. The predicted octanol–water partition coefficient (Wildman–Crippen LogP) is 5.27. The van der Waals surface area contributed by atoms with Gasteiger partial charge in [-0.15, -0.1) is 0 Å². The number of aliphatic carboxylic acids is 2. The second-order valence-corrected chi connectivity index (χ2v) is 13.6. The number of halogens is 1. The summed E-state index contributed by atoms with van der Waals surface area (Å²) in [5.74, 6) is 0.284. The molecule has 0 saturated carbocycles. The first-order chi connectivity index (χ1) is 22.5. The highest BCUT2D eigenvalue weighted by Crippen LogP contribution is 2.15. The molecule has 0 aliphatic heterocycles. The van der Waals surface area contributed by atoms with Crippen molar-refractivity contribution < 1.29 is 51.0 Å². The number of nitrogens with zero attached hydrogens (tertiary/aromatic N) is 1. The Morgan fingerprint density at radius 3 is 2.06 bits per heavy atom.